The van der Waals surface area contributed by atoms with Crippen molar-refractivity contribution in [1.29, 1.82) is 0 Å². The van der Waals surface area contributed by atoms with E-state index in [0.29, 0.717) is 23.4 Å². The van der Waals surface area contributed by atoms with Gasteiger partial charge in [-0.3, -0.25) is 4.79 Å². The standard InChI is InChI=1S/C24H25NO3/c1-3-14-25(15-17-10-11-17)23(26)22-21(18-12-8-16(2)9-13-18)19-6-4-5-7-20(19)24(27)28-22/h4-9,12-13,17H,3,10-11,14-15H2,1-2H3. The summed E-state index contributed by atoms with van der Waals surface area (Å²) in [6.07, 6.45) is 3.20. The first-order valence-electron chi connectivity index (χ1n) is 10.0. The third-order valence-electron chi connectivity index (χ3n) is 5.33. The molecule has 1 aliphatic carbocycles. The van der Waals surface area contributed by atoms with E-state index in [4.69, 9.17) is 4.42 Å². The highest BCUT2D eigenvalue weighted by Gasteiger charge is 2.30. The second-order valence-corrected chi connectivity index (χ2v) is 7.70. The largest absolute Gasteiger partial charge is 0.416 e. The maximum absolute atomic E-state index is 13.4. The van der Waals surface area contributed by atoms with Gasteiger partial charge in [0.1, 0.15) is 0 Å². The molecule has 1 aromatic heterocycles. The minimum absolute atomic E-state index is 0.154. The molecule has 0 radical (unpaired) electrons. The third-order valence-corrected chi connectivity index (χ3v) is 5.33. The van der Waals surface area contributed by atoms with Crippen LogP contribution in [0.4, 0.5) is 0 Å². The van der Waals surface area contributed by atoms with Gasteiger partial charge in [-0.1, -0.05) is 55.0 Å². The number of rotatable bonds is 6. The topological polar surface area (TPSA) is 50.5 Å². The fourth-order valence-electron chi connectivity index (χ4n) is 3.66. The summed E-state index contributed by atoms with van der Waals surface area (Å²) in [6.45, 7) is 5.48. The lowest BCUT2D eigenvalue weighted by Crippen LogP contribution is -2.34. The molecule has 0 aliphatic heterocycles. The van der Waals surface area contributed by atoms with Crippen LogP contribution in [0.25, 0.3) is 21.9 Å². The van der Waals surface area contributed by atoms with Crippen molar-refractivity contribution in [2.45, 2.75) is 33.1 Å². The molecule has 1 amide bonds. The van der Waals surface area contributed by atoms with Crippen LogP contribution in [-0.4, -0.2) is 23.9 Å². The molecule has 2 aromatic carbocycles. The van der Waals surface area contributed by atoms with Crippen LogP contribution < -0.4 is 5.63 Å². The van der Waals surface area contributed by atoms with Gasteiger partial charge in [0.2, 0.25) is 5.76 Å². The number of carbonyl (C=O) groups is 1. The predicted molar refractivity (Wildman–Crippen MR) is 112 cm³/mol. The fourth-order valence-corrected chi connectivity index (χ4v) is 3.66. The molecule has 1 heterocycles. The van der Waals surface area contributed by atoms with Crippen molar-refractivity contribution in [1.82, 2.24) is 4.90 Å². The Balaban J connectivity index is 1.91. The van der Waals surface area contributed by atoms with Crippen LogP contribution in [0.3, 0.4) is 0 Å². The average Bonchev–Trinajstić information content (AvgIpc) is 3.52. The molecule has 0 atom stereocenters. The van der Waals surface area contributed by atoms with Crippen LogP contribution in [0.1, 0.15) is 42.3 Å². The van der Waals surface area contributed by atoms with E-state index >= 15 is 0 Å². The Labute approximate surface area is 164 Å². The Morgan fingerprint density at radius 3 is 2.39 bits per heavy atom. The van der Waals surface area contributed by atoms with Gasteiger partial charge in [0, 0.05) is 24.0 Å². The van der Waals surface area contributed by atoms with Crippen LogP contribution >= 0.6 is 0 Å². The molecular formula is C24H25NO3. The van der Waals surface area contributed by atoms with Crippen molar-refractivity contribution < 1.29 is 9.21 Å². The normalized spacial score (nSPS) is 13.6. The van der Waals surface area contributed by atoms with E-state index in [2.05, 4.69) is 6.92 Å². The zero-order valence-electron chi connectivity index (χ0n) is 16.4. The predicted octanol–water partition coefficient (Wildman–Crippen LogP) is 5.03. The van der Waals surface area contributed by atoms with E-state index in [1.807, 2.05) is 54.3 Å². The second-order valence-electron chi connectivity index (χ2n) is 7.70. The minimum Gasteiger partial charge on any atom is -0.416 e. The lowest BCUT2D eigenvalue weighted by Gasteiger charge is -2.23. The summed E-state index contributed by atoms with van der Waals surface area (Å²) in [5.74, 6) is 0.541. The number of carbonyl (C=O) groups excluding carboxylic acids is 1. The minimum atomic E-state index is -0.460. The molecule has 28 heavy (non-hydrogen) atoms. The molecule has 1 fully saturated rings. The molecule has 0 saturated heterocycles. The van der Waals surface area contributed by atoms with Gasteiger partial charge in [0.15, 0.2) is 0 Å². The van der Waals surface area contributed by atoms with Crippen molar-refractivity contribution >= 4 is 16.7 Å². The molecule has 144 valence electrons. The van der Waals surface area contributed by atoms with Gasteiger partial charge in [0.05, 0.1) is 5.39 Å². The number of aryl methyl sites for hydroxylation is 1. The Morgan fingerprint density at radius 1 is 1.07 bits per heavy atom. The number of fused-ring (bicyclic) bond motifs is 1. The molecule has 0 spiro atoms. The van der Waals surface area contributed by atoms with E-state index < -0.39 is 5.63 Å². The Kier molecular flexibility index (Phi) is 5.03. The maximum Gasteiger partial charge on any atom is 0.344 e. The first kappa shape index (κ1) is 18.5. The summed E-state index contributed by atoms with van der Waals surface area (Å²) < 4.78 is 5.65. The summed E-state index contributed by atoms with van der Waals surface area (Å²) in [6, 6.07) is 15.3. The van der Waals surface area contributed by atoms with Crippen molar-refractivity contribution in [2.75, 3.05) is 13.1 Å². The third kappa shape index (κ3) is 3.59. The second kappa shape index (κ2) is 7.63. The van der Waals surface area contributed by atoms with Gasteiger partial charge in [-0.15, -0.1) is 0 Å². The van der Waals surface area contributed by atoms with E-state index in [9.17, 15) is 9.59 Å². The number of nitrogens with zero attached hydrogens (tertiary/aromatic N) is 1. The number of amides is 1. The van der Waals surface area contributed by atoms with Crippen LogP contribution in [0.15, 0.2) is 57.7 Å². The number of hydrogen-bond donors (Lipinski definition) is 0. The van der Waals surface area contributed by atoms with Gasteiger partial charge >= 0.3 is 5.63 Å². The van der Waals surface area contributed by atoms with Crippen molar-refractivity contribution in [3.63, 3.8) is 0 Å². The molecule has 0 N–H and O–H groups in total. The Bertz CT molecular complexity index is 1060. The number of hydrogen-bond acceptors (Lipinski definition) is 3. The van der Waals surface area contributed by atoms with E-state index in [1.54, 1.807) is 6.07 Å². The molecule has 4 nitrogen and oxygen atoms in total. The molecular weight excluding hydrogens is 350 g/mol. The summed E-state index contributed by atoms with van der Waals surface area (Å²) in [5.41, 5.74) is 2.27. The molecule has 0 bridgehead atoms. The maximum atomic E-state index is 13.4. The molecule has 1 saturated carbocycles. The lowest BCUT2D eigenvalue weighted by atomic mass is 9.97. The van der Waals surface area contributed by atoms with Crippen LogP contribution in [-0.2, 0) is 0 Å². The van der Waals surface area contributed by atoms with Gasteiger partial charge in [-0.2, -0.15) is 0 Å². The molecule has 3 aromatic rings. The summed E-state index contributed by atoms with van der Waals surface area (Å²) >= 11 is 0. The monoisotopic (exact) mass is 375 g/mol. The van der Waals surface area contributed by atoms with E-state index in [-0.39, 0.29) is 11.7 Å². The van der Waals surface area contributed by atoms with Crippen molar-refractivity contribution in [3.8, 4) is 11.1 Å². The summed E-state index contributed by atoms with van der Waals surface area (Å²) in [7, 11) is 0. The lowest BCUT2D eigenvalue weighted by molar-refractivity contribution is 0.0712. The van der Waals surface area contributed by atoms with Gasteiger partial charge in [0.25, 0.3) is 5.91 Å². The van der Waals surface area contributed by atoms with Gasteiger partial charge in [-0.05, 0) is 43.7 Å². The molecule has 4 rings (SSSR count). The number of benzene rings is 2. The zero-order chi connectivity index (χ0) is 19.7. The highest BCUT2D eigenvalue weighted by Crippen LogP contribution is 2.34. The zero-order valence-corrected chi connectivity index (χ0v) is 16.4. The average molecular weight is 375 g/mol. The molecule has 1 aliphatic rings. The fraction of sp³-hybridized carbons (Fsp3) is 0.333. The highest BCUT2D eigenvalue weighted by atomic mass is 16.4. The van der Waals surface area contributed by atoms with E-state index in [1.165, 1.54) is 12.8 Å². The molecule has 0 unspecified atom stereocenters. The highest BCUT2D eigenvalue weighted by molar-refractivity contribution is 6.07. The SMILES string of the molecule is CCCN(CC1CC1)C(=O)c1oc(=O)c2ccccc2c1-c1ccc(C)cc1. The van der Waals surface area contributed by atoms with Gasteiger partial charge < -0.3 is 9.32 Å². The Hall–Kier alpha value is -2.88. The smallest absolute Gasteiger partial charge is 0.344 e. The Morgan fingerprint density at radius 2 is 1.75 bits per heavy atom. The van der Waals surface area contributed by atoms with Crippen LogP contribution in [0.2, 0.25) is 0 Å². The van der Waals surface area contributed by atoms with Crippen LogP contribution in [0.5, 0.6) is 0 Å². The summed E-state index contributed by atoms with van der Waals surface area (Å²) in [4.78, 5) is 27.9. The first-order chi connectivity index (χ1) is 13.6. The van der Waals surface area contributed by atoms with Crippen molar-refractivity contribution in [3.05, 3.63) is 70.3 Å². The first-order valence-corrected chi connectivity index (χ1v) is 10.0. The van der Waals surface area contributed by atoms with Gasteiger partial charge in [-0.25, -0.2) is 4.79 Å². The summed E-state index contributed by atoms with van der Waals surface area (Å²) in [5, 5.41) is 1.26. The van der Waals surface area contributed by atoms with E-state index in [0.717, 1.165) is 29.5 Å². The molecule has 4 heteroatoms. The van der Waals surface area contributed by atoms with Crippen molar-refractivity contribution in [2.24, 2.45) is 5.92 Å². The quantitative estimate of drug-likeness (QED) is 0.607. The van der Waals surface area contributed by atoms with Crippen LogP contribution in [0, 0.1) is 12.8 Å².